The highest BCUT2D eigenvalue weighted by atomic mass is 16.2. The molecule has 148 valence electrons. The van der Waals surface area contributed by atoms with Crippen molar-refractivity contribution >= 4 is 28.6 Å². The number of hydrogen-bond acceptors (Lipinski definition) is 4. The number of hydrogen-bond donors (Lipinski definition) is 1. The highest BCUT2D eigenvalue weighted by Crippen LogP contribution is 2.17. The molecule has 3 aromatic carbocycles. The lowest BCUT2D eigenvalue weighted by Gasteiger charge is -2.36. The first-order valence-electron chi connectivity index (χ1n) is 10.1. The van der Waals surface area contributed by atoms with Gasteiger partial charge in [0.1, 0.15) is 0 Å². The Morgan fingerprint density at radius 2 is 1.62 bits per heavy atom. The van der Waals surface area contributed by atoms with Crippen molar-refractivity contribution in [3.63, 3.8) is 0 Å². The molecule has 0 unspecified atom stereocenters. The normalized spacial score (nSPS) is 15.1. The smallest absolute Gasteiger partial charge is 0.241 e. The van der Waals surface area contributed by atoms with Crippen molar-refractivity contribution < 1.29 is 4.79 Å². The Labute approximate surface area is 171 Å². The molecule has 29 heavy (non-hydrogen) atoms. The van der Waals surface area contributed by atoms with Gasteiger partial charge in [0.15, 0.2) is 0 Å². The average molecular weight is 386 g/mol. The second-order valence-corrected chi connectivity index (χ2v) is 7.28. The van der Waals surface area contributed by atoms with Crippen molar-refractivity contribution in [2.45, 2.75) is 6.42 Å². The molecule has 0 aromatic heterocycles. The molecule has 1 fully saturated rings. The molecule has 4 rings (SSSR count). The number of nitrogens with zero attached hydrogens (tertiary/aromatic N) is 3. The van der Waals surface area contributed by atoms with Crippen LogP contribution >= 0.6 is 0 Å². The van der Waals surface area contributed by atoms with E-state index in [1.807, 2.05) is 30.3 Å². The summed E-state index contributed by atoms with van der Waals surface area (Å²) in [7, 11) is 0. The summed E-state index contributed by atoms with van der Waals surface area (Å²) in [6.07, 6.45) is 2.18. The molecule has 0 atom stereocenters. The van der Waals surface area contributed by atoms with Gasteiger partial charge in [-0.05, 0) is 22.9 Å². The second-order valence-electron chi connectivity index (χ2n) is 7.28. The number of fused-ring (bicyclic) bond motifs is 1. The topological polar surface area (TPSA) is 47.9 Å². The standard InChI is InChI=1S/C24H26N4O/c29-24(26-25-19-21-9-6-8-20-7-4-5-12-23(20)21)13-14-27-15-17-28(18-16-27)22-10-2-1-3-11-22/h1-12,19H,13-18H2,(H,26,29)/b25-19-. The Hall–Kier alpha value is -3.18. The fourth-order valence-electron chi connectivity index (χ4n) is 3.72. The van der Waals surface area contributed by atoms with E-state index in [0.717, 1.165) is 49.1 Å². The number of rotatable bonds is 6. The summed E-state index contributed by atoms with van der Waals surface area (Å²) in [5, 5.41) is 6.45. The fourth-order valence-corrected chi connectivity index (χ4v) is 3.72. The number of para-hydroxylation sites is 1. The van der Waals surface area contributed by atoms with Gasteiger partial charge in [0.2, 0.25) is 5.91 Å². The number of amides is 1. The molecule has 1 amide bonds. The van der Waals surface area contributed by atoms with Gasteiger partial charge in [-0.25, -0.2) is 5.43 Å². The Balaban J connectivity index is 1.22. The Kier molecular flexibility index (Phi) is 6.17. The van der Waals surface area contributed by atoms with E-state index in [-0.39, 0.29) is 5.91 Å². The van der Waals surface area contributed by atoms with E-state index in [1.54, 1.807) is 6.21 Å². The first kappa shape index (κ1) is 19.2. The van der Waals surface area contributed by atoms with Crippen molar-refractivity contribution in [3.8, 4) is 0 Å². The third-order valence-electron chi connectivity index (χ3n) is 5.36. The summed E-state index contributed by atoms with van der Waals surface area (Å²) in [4.78, 5) is 16.9. The Morgan fingerprint density at radius 3 is 2.45 bits per heavy atom. The number of hydrazone groups is 1. The summed E-state index contributed by atoms with van der Waals surface area (Å²) in [5.74, 6) is -0.0491. The summed E-state index contributed by atoms with van der Waals surface area (Å²) in [6, 6.07) is 24.7. The zero-order chi connectivity index (χ0) is 19.9. The van der Waals surface area contributed by atoms with Crippen molar-refractivity contribution in [3.05, 3.63) is 78.4 Å². The molecule has 0 spiro atoms. The molecule has 0 aliphatic carbocycles. The largest absolute Gasteiger partial charge is 0.369 e. The number of benzene rings is 3. The van der Waals surface area contributed by atoms with Crippen LogP contribution in [0.1, 0.15) is 12.0 Å². The van der Waals surface area contributed by atoms with Crippen LogP contribution in [-0.4, -0.2) is 49.7 Å². The van der Waals surface area contributed by atoms with Gasteiger partial charge >= 0.3 is 0 Å². The molecule has 1 N–H and O–H groups in total. The van der Waals surface area contributed by atoms with Crippen LogP contribution in [0.15, 0.2) is 77.9 Å². The van der Waals surface area contributed by atoms with E-state index >= 15 is 0 Å². The third-order valence-corrected chi connectivity index (χ3v) is 5.36. The fraction of sp³-hybridized carbons (Fsp3) is 0.250. The summed E-state index contributed by atoms with van der Waals surface area (Å²) < 4.78 is 0. The van der Waals surface area contributed by atoms with Gasteiger partial charge in [-0.2, -0.15) is 5.10 Å². The van der Waals surface area contributed by atoms with Crippen LogP contribution in [0, 0.1) is 0 Å². The van der Waals surface area contributed by atoms with Gasteiger partial charge in [-0.3, -0.25) is 9.69 Å². The summed E-state index contributed by atoms with van der Waals surface area (Å²) in [5.41, 5.74) is 4.93. The first-order valence-corrected chi connectivity index (χ1v) is 10.1. The number of piperazine rings is 1. The molecular formula is C24H26N4O. The third kappa shape index (κ3) is 5.00. The van der Waals surface area contributed by atoms with Crippen LogP contribution in [0.3, 0.4) is 0 Å². The monoisotopic (exact) mass is 386 g/mol. The molecule has 3 aromatic rings. The van der Waals surface area contributed by atoms with Crippen LogP contribution in [0.4, 0.5) is 5.69 Å². The van der Waals surface area contributed by atoms with Gasteiger partial charge < -0.3 is 4.90 Å². The molecule has 1 aliphatic rings. The minimum atomic E-state index is -0.0491. The first-order chi connectivity index (χ1) is 14.3. The van der Waals surface area contributed by atoms with E-state index in [2.05, 4.69) is 62.8 Å². The molecule has 1 saturated heterocycles. The minimum absolute atomic E-state index is 0.0491. The van der Waals surface area contributed by atoms with E-state index in [1.165, 1.54) is 5.69 Å². The van der Waals surface area contributed by atoms with Crippen molar-refractivity contribution in [2.75, 3.05) is 37.6 Å². The molecule has 0 bridgehead atoms. The van der Waals surface area contributed by atoms with Crippen molar-refractivity contribution in [1.82, 2.24) is 10.3 Å². The van der Waals surface area contributed by atoms with E-state index < -0.39 is 0 Å². The van der Waals surface area contributed by atoms with Crippen LogP contribution in [0.5, 0.6) is 0 Å². The highest BCUT2D eigenvalue weighted by molar-refractivity contribution is 5.99. The zero-order valence-electron chi connectivity index (χ0n) is 16.5. The van der Waals surface area contributed by atoms with Crippen LogP contribution in [0.2, 0.25) is 0 Å². The maximum atomic E-state index is 12.2. The van der Waals surface area contributed by atoms with Gasteiger partial charge in [-0.15, -0.1) is 0 Å². The summed E-state index contributed by atoms with van der Waals surface area (Å²) in [6.45, 7) is 4.69. The molecule has 5 heteroatoms. The van der Waals surface area contributed by atoms with E-state index in [0.29, 0.717) is 6.42 Å². The Morgan fingerprint density at radius 1 is 0.897 bits per heavy atom. The number of carbonyl (C=O) groups excluding carboxylic acids is 1. The molecule has 1 heterocycles. The molecule has 0 radical (unpaired) electrons. The lowest BCUT2D eigenvalue weighted by molar-refractivity contribution is -0.121. The lowest BCUT2D eigenvalue weighted by Crippen LogP contribution is -2.47. The second kappa shape index (κ2) is 9.34. The van der Waals surface area contributed by atoms with Crippen LogP contribution < -0.4 is 10.3 Å². The maximum Gasteiger partial charge on any atom is 0.241 e. The zero-order valence-corrected chi connectivity index (χ0v) is 16.5. The predicted octanol–water partition coefficient (Wildman–Crippen LogP) is 3.50. The minimum Gasteiger partial charge on any atom is -0.369 e. The van der Waals surface area contributed by atoms with Crippen molar-refractivity contribution in [1.29, 1.82) is 0 Å². The molecule has 0 saturated carbocycles. The van der Waals surface area contributed by atoms with Crippen LogP contribution in [-0.2, 0) is 4.79 Å². The van der Waals surface area contributed by atoms with Gasteiger partial charge in [0.25, 0.3) is 0 Å². The maximum absolute atomic E-state index is 12.2. The lowest BCUT2D eigenvalue weighted by atomic mass is 10.1. The van der Waals surface area contributed by atoms with Gasteiger partial charge in [0, 0.05) is 50.4 Å². The van der Waals surface area contributed by atoms with Crippen molar-refractivity contribution in [2.24, 2.45) is 5.10 Å². The highest BCUT2D eigenvalue weighted by Gasteiger charge is 2.17. The number of carbonyl (C=O) groups is 1. The summed E-state index contributed by atoms with van der Waals surface area (Å²) >= 11 is 0. The van der Waals surface area contributed by atoms with Crippen LogP contribution in [0.25, 0.3) is 10.8 Å². The predicted molar refractivity (Wildman–Crippen MR) is 119 cm³/mol. The quantitative estimate of drug-likeness (QED) is 0.521. The molecular weight excluding hydrogens is 360 g/mol. The van der Waals surface area contributed by atoms with Gasteiger partial charge in [-0.1, -0.05) is 60.7 Å². The SMILES string of the molecule is O=C(CCN1CCN(c2ccccc2)CC1)N/N=C\c1cccc2ccccc12. The number of anilines is 1. The molecule has 1 aliphatic heterocycles. The van der Waals surface area contributed by atoms with E-state index in [4.69, 9.17) is 0 Å². The van der Waals surface area contributed by atoms with E-state index in [9.17, 15) is 4.79 Å². The van der Waals surface area contributed by atoms with Gasteiger partial charge in [0.05, 0.1) is 6.21 Å². The average Bonchev–Trinajstić information content (AvgIpc) is 2.79. The molecule has 5 nitrogen and oxygen atoms in total. The Bertz CT molecular complexity index is 973. The number of nitrogens with one attached hydrogen (secondary N) is 1.